The highest BCUT2D eigenvalue weighted by Gasteiger charge is 2.24. The fourth-order valence-electron chi connectivity index (χ4n) is 3.23. The summed E-state index contributed by atoms with van der Waals surface area (Å²) in [7, 11) is 0. The Balaban J connectivity index is 2.42. The molecule has 1 heterocycles. The van der Waals surface area contributed by atoms with Crippen molar-refractivity contribution in [2.45, 2.75) is 66.7 Å². The van der Waals surface area contributed by atoms with Gasteiger partial charge in [0.05, 0.1) is 5.69 Å². The Hall–Kier alpha value is -1.31. The van der Waals surface area contributed by atoms with Crippen LogP contribution < -0.4 is 0 Å². The number of hydrogen-bond donors (Lipinski definition) is 0. The van der Waals surface area contributed by atoms with Crippen molar-refractivity contribution >= 4 is 5.70 Å². The second kappa shape index (κ2) is 7.11. The highest BCUT2D eigenvalue weighted by atomic mass is 15.3. The van der Waals surface area contributed by atoms with Crippen LogP contribution >= 0.6 is 0 Å². The molecule has 1 aromatic heterocycles. The largest absolute Gasteiger partial charge is 0.244 e. The van der Waals surface area contributed by atoms with Crippen molar-refractivity contribution in [1.82, 2.24) is 9.78 Å². The second-order valence-corrected chi connectivity index (χ2v) is 6.56. The molecular formula is C19H30N2. The molecule has 0 radical (unpaired) electrons. The number of aromatic nitrogens is 2. The lowest BCUT2D eigenvalue weighted by atomic mass is 9.81. The van der Waals surface area contributed by atoms with Gasteiger partial charge >= 0.3 is 0 Å². The van der Waals surface area contributed by atoms with Gasteiger partial charge in [-0.15, -0.1) is 0 Å². The summed E-state index contributed by atoms with van der Waals surface area (Å²) in [4.78, 5) is 0. The van der Waals surface area contributed by atoms with Gasteiger partial charge < -0.3 is 0 Å². The summed E-state index contributed by atoms with van der Waals surface area (Å²) >= 11 is 0. The van der Waals surface area contributed by atoms with Crippen LogP contribution in [0.2, 0.25) is 0 Å². The van der Waals surface area contributed by atoms with Gasteiger partial charge in [0.25, 0.3) is 0 Å². The molecule has 0 saturated carbocycles. The van der Waals surface area contributed by atoms with Gasteiger partial charge in [-0.1, -0.05) is 45.8 Å². The highest BCUT2D eigenvalue weighted by Crippen LogP contribution is 2.38. The molecule has 0 bridgehead atoms. The third-order valence-corrected chi connectivity index (χ3v) is 4.65. The van der Waals surface area contributed by atoms with Gasteiger partial charge in [0.2, 0.25) is 0 Å². The summed E-state index contributed by atoms with van der Waals surface area (Å²) in [5, 5.41) is 4.67. The monoisotopic (exact) mass is 286 g/mol. The zero-order chi connectivity index (χ0) is 15.4. The summed E-state index contributed by atoms with van der Waals surface area (Å²) < 4.78 is 2.12. The zero-order valence-electron chi connectivity index (χ0n) is 14.3. The quantitative estimate of drug-likeness (QED) is 0.665. The van der Waals surface area contributed by atoms with Gasteiger partial charge in [-0.2, -0.15) is 5.10 Å². The number of rotatable bonds is 6. The first-order valence-corrected chi connectivity index (χ1v) is 8.52. The van der Waals surface area contributed by atoms with Gasteiger partial charge in [-0.05, 0) is 50.2 Å². The lowest BCUT2D eigenvalue weighted by Gasteiger charge is -2.29. The number of aryl methyl sites for hydroxylation is 1. The van der Waals surface area contributed by atoms with E-state index in [1.807, 2.05) is 0 Å². The van der Waals surface area contributed by atoms with Crippen LogP contribution in [-0.4, -0.2) is 9.78 Å². The molecule has 0 fully saturated rings. The first-order valence-electron chi connectivity index (χ1n) is 8.52. The SMILES string of the molecule is CCCCC1=CC(C(C)CC)=C(n2ccc(C)n2)C(C)C1. The molecule has 2 rings (SSSR count). The number of allylic oxidation sites excluding steroid dienone is 4. The molecule has 0 aliphatic heterocycles. The third kappa shape index (κ3) is 3.66. The fourth-order valence-corrected chi connectivity index (χ4v) is 3.23. The highest BCUT2D eigenvalue weighted by molar-refractivity contribution is 5.60. The standard InChI is InChI=1S/C19H30N2/c1-6-8-9-17-12-15(4)19(18(13-17)14(3)7-2)21-11-10-16(5)20-21/h10-11,13-15H,6-9,12H2,1-5H3. The summed E-state index contributed by atoms with van der Waals surface area (Å²) in [5.74, 6) is 1.16. The molecule has 2 heteroatoms. The first-order chi connectivity index (χ1) is 10.1. The van der Waals surface area contributed by atoms with E-state index in [4.69, 9.17) is 0 Å². The van der Waals surface area contributed by atoms with E-state index in [1.165, 1.54) is 43.4 Å². The predicted octanol–water partition coefficient (Wildman–Crippen LogP) is 5.61. The molecular weight excluding hydrogens is 256 g/mol. The van der Waals surface area contributed by atoms with E-state index < -0.39 is 0 Å². The van der Waals surface area contributed by atoms with Crippen LogP contribution in [0.25, 0.3) is 5.70 Å². The van der Waals surface area contributed by atoms with Crippen molar-refractivity contribution in [2.24, 2.45) is 11.8 Å². The number of hydrogen-bond acceptors (Lipinski definition) is 1. The summed E-state index contributed by atoms with van der Waals surface area (Å²) in [6, 6.07) is 2.10. The van der Waals surface area contributed by atoms with Crippen molar-refractivity contribution in [3.8, 4) is 0 Å². The van der Waals surface area contributed by atoms with Gasteiger partial charge in [0.15, 0.2) is 0 Å². The minimum absolute atomic E-state index is 0.560. The van der Waals surface area contributed by atoms with Gasteiger partial charge in [-0.25, -0.2) is 4.68 Å². The first kappa shape index (κ1) is 16.1. The third-order valence-electron chi connectivity index (χ3n) is 4.65. The van der Waals surface area contributed by atoms with Crippen LogP contribution in [0.4, 0.5) is 0 Å². The van der Waals surface area contributed by atoms with E-state index in [2.05, 4.69) is 62.7 Å². The molecule has 1 aromatic rings. The average Bonchev–Trinajstić information content (AvgIpc) is 2.89. The Morgan fingerprint density at radius 2 is 2.14 bits per heavy atom. The van der Waals surface area contributed by atoms with Crippen LogP contribution in [0.15, 0.2) is 29.5 Å². The van der Waals surface area contributed by atoms with E-state index >= 15 is 0 Å². The molecule has 1 aliphatic rings. The van der Waals surface area contributed by atoms with Crippen molar-refractivity contribution in [3.63, 3.8) is 0 Å². The maximum absolute atomic E-state index is 4.67. The van der Waals surface area contributed by atoms with E-state index in [9.17, 15) is 0 Å². The summed E-state index contributed by atoms with van der Waals surface area (Å²) in [6.07, 6.45) is 10.8. The maximum Gasteiger partial charge on any atom is 0.0598 e. The predicted molar refractivity (Wildman–Crippen MR) is 91.0 cm³/mol. The minimum atomic E-state index is 0.560. The van der Waals surface area contributed by atoms with E-state index in [1.54, 1.807) is 5.57 Å². The molecule has 0 N–H and O–H groups in total. The van der Waals surface area contributed by atoms with Crippen molar-refractivity contribution in [3.05, 3.63) is 35.2 Å². The topological polar surface area (TPSA) is 17.8 Å². The second-order valence-electron chi connectivity index (χ2n) is 6.56. The normalized spacial score (nSPS) is 20.6. The molecule has 21 heavy (non-hydrogen) atoms. The summed E-state index contributed by atoms with van der Waals surface area (Å²) in [6.45, 7) is 11.3. The molecule has 0 saturated heterocycles. The molecule has 2 unspecified atom stereocenters. The van der Waals surface area contributed by atoms with Gasteiger partial charge in [-0.3, -0.25) is 0 Å². The van der Waals surface area contributed by atoms with E-state index in [-0.39, 0.29) is 0 Å². The molecule has 2 nitrogen and oxygen atoms in total. The zero-order valence-corrected chi connectivity index (χ0v) is 14.3. The molecule has 0 amide bonds. The van der Waals surface area contributed by atoms with Crippen LogP contribution in [0, 0.1) is 18.8 Å². The molecule has 2 atom stereocenters. The molecule has 1 aliphatic carbocycles. The number of nitrogens with zero attached hydrogens (tertiary/aromatic N) is 2. The Morgan fingerprint density at radius 3 is 2.71 bits per heavy atom. The lowest BCUT2D eigenvalue weighted by Crippen LogP contribution is -2.17. The van der Waals surface area contributed by atoms with Crippen LogP contribution in [0.1, 0.15) is 65.5 Å². The van der Waals surface area contributed by atoms with E-state index in [0.717, 1.165) is 5.69 Å². The Kier molecular flexibility index (Phi) is 5.44. The fraction of sp³-hybridized carbons (Fsp3) is 0.632. The van der Waals surface area contributed by atoms with Gasteiger partial charge in [0, 0.05) is 17.8 Å². The van der Waals surface area contributed by atoms with Crippen molar-refractivity contribution in [2.75, 3.05) is 0 Å². The maximum atomic E-state index is 4.67. The smallest absolute Gasteiger partial charge is 0.0598 e. The minimum Gasteiger partial charge on any atom is -0.244 e. The average molecular weight is 286 g/mol. The molecule has 0 spiro atoms. The van der Waals surface area contributed by atoms with Crippen LogP contribution in [0.5, 0.6) is 0 Å². The summed E-state index contributed by atoms with van der Waals surface area (Å²) in [5.41, 5.74) is 5.65. The Morgan fingerprint density at radius 1 is 1.38 bits per heavy atom. The van der Waals surface area contributed by atoms with Crippen molar-refractivity contribution in [1.29, 1.82) is 0 Å². The Labute approximate surface area is 129 Å². The molecule has 116 valence electrons. The van der Waals surface area contributed by atoms with Crippen LogP contribution in [0.3, 0.4) is 0 Å². The van der Waals surface area contributed by atoms with Gasteiger partial charge in [0.1, 0.15) is 0 Å². The number of unbranched alkanes of at least 4 members (excludes halogenated alkanes) is 1. The van der Waals surface area contributed by atoms with E-state index in [0.29, 0.717) is 11.8 Å². The lowest BCUT2D eigenvalue weighted by molar-refractivity contribution is 0.590. The van der Waals surface area contributed by atoms with Crippen LogP contribution in [-0.2, 0) is 0 Å². The molecule has 0 aromatic carbocycles. The van der Waals surface area contributed by atoms with Crippen molar-refractivity contribution < 1.29 is 0 Å². The Bertz CT molecular complexity index is 534.